The number of allylic oxidation sites excluding steroid dienone is 1. The highest BCUT2D eigenvalue weighted by atomic mass is 16.3. The van der Waals surface area contributed by atoms with E-state index in [1.54, 1.807) is 0 Å². The molecule has 0 fully saturated rings. The summed E-state index contributed by atoms with van der Waals surface area (Å²) in [5.74, 6) is 1.89. The summed E-state index contributed by atoms with van der Waals surface area (Å²) in [6.45, 7) is 0. The number of hydrogen-bond acceptors (Lipinski definition) is 4. The van der Waals surface area contributed by atoms with E-state index in [9.17, 15) is 0 Å². The molecule has 53 heavy (non-hydrogen) atoms. The van der Waals surface area contributed by atoms with Crippen molar-refractivity contribution in [2.24, 2.45) is 0 Å². The summed E-state index contributed by atoms with van der Waals surface area (Å²) < 4.78 is 6.53. The fraction of sp³-hybridized carbons (Fsp3) is 0.0408. The first kappa shape index (κ1) is 30.9. The molecule has 0 saturated carbocycles. The molecule has 0 bridgehead atoms. The lowest BCUT2D eigenvalue weighted by Gasteiger charge is -2.18. The second-order valence-corrected chi connectivity index (χ2v) is 13.6. The van der Waals surface area contributed by atoms with Gasteiger partial charge in [0, 0.05) is 27.5 Å². The highest BCUT2D eigenvalue weighted by molar-refractivity contribution is 6.12. The van der Waals surface area contributed by atoms with Gasteiger partial charge in [0.2, 0.25) is 0 Å². The van der Waals surface area contributed by atoms with Crippen molar-refractivity contribution in [1.29, 1.82) is 0 Å². The third-order valence-corrected chi connectivity index (χ3v) is 10.3. The quantitative estimate of drug-likeness (QED) is 0.175. The average molecular weight is 680 g/mol. The second-order valence-electron chi connectivity index (χ2n) is 13.6. The predicted octanol–water partition coefficient (Wildman–Crippen LogP) is 12.6. The van der Waals surface area contributed by atoms with E-state index in [0.717, 1.165) is 62.6 Å². The van der Waals surface area contributed by atoms with Gasteiger partial charge in [0.1, 0.15) is 11.2 Å². The Morgan fingerprint density at radius 3 is 1.72 bits per heavy atom. The zero-order valence-electron chi connectivity index (χ0n) is 28.9. The van der Waals surface area contributed by atoms with E-state index in [4.69, 9.17) is 19.4 Å². The summed E-state index contributed by atoms with van der Waals surface area (Å²) in [6, 6.07) is 59.1. The molecular weight excluding hydrogens is 647 g/mol. The van der Waals surface area contributed by atoms with E-state index in [0.29, 0.717) is 17.5 Å². The molecule has 2 aromatic heterocycles. The van der Waals surface area contributed by atoms with Gasteiger partial charge in [-0.25, -0.2) is 15.0 Å². The van der Waals surface area contributed by atoms with E-state index in [2.05, 4.69) is 127 Å². The maximum absolute atomic E-state index is 6.53. The van der Waals surface area contributed by atoms with Crippen LogP contribution in [0.15, 0.2) is 174 Å². The Bertz CT molecular complexity index is 2800. The van der Waals surface area contributed by atoms with Crippen LogP contribution in [0.4, 0.5) is 0 Å². The van der Waals surface area contributed by atoms with Gasteiger partial charge in [-0.1, -0.05) is 152 Å². The van der Waals surface area contributed by atoms with Crippen molar-refractivity contribution in [1.82, 2.24) is 15.0 Å². The molecule has 0 aliphatic heterocycles. The van der Waals surface area contributed by atoms with Crippen LogP contribution in [0.2, 0.25) is 0 Å². The van der Waals surface area contributed by atoms with Gasteiger partial charge in [-0.2, -0.15) is 0 Å². The summed E-state index contributed by atoms with van der Waals surface area (Å²) in [5.41, 5.74) is 14.2. The Hall–Kier alpha value is -6.91. The van der Waals surface area contributed by atoms with Crippen molar-refractivity contribution < 1.29 is 4.42 Å². The summed E-state index contributed by atoms with van der Waals surface area (Å²) in [7, 11) is 0. The third kappa shape index (κ3) is 5.81. The summed E-state index contributed by atoms with van der Waals surface area (Å²) >= 11 is 0. The van der Waals surface area contributed by atoms with E-state index in [1.165, 1.54) is 33.4 Å². The first-order valence-electron chi connectivity index (χ1n) is 18.1. The fourth-order valence-electron chi connectivity index (χ4n) is 7.52. The summed E-state index contributed by atoms with van der Waals surface area (Å²) in [4.78, 5) is 15.3. The molecule has 4 heteroatoms. The molecule has 1 aliphatic carbocycles. The van der Waals surface area contributed by atoms with Crippen molar-refractivity contribution in [2.75, 3.05) is 0 Å². The first-order valence-corrected chi connectivity index (χ1v) is 18.1. The van der Waals surface area contributed by atoms with Crippen LogP contribution in [-0.4, -0.2) is 15.0 Å². The standard InChI is InChI=1S/C49H33N3O/c1-4-11-32(12-5-1)34-19-21-35(22-20-34)39-27-28-42-45(31-39)53-44-18-10-17-43(46(42)44)49-51-47(37-15-8-3-9-16-37)50-48(52-49)40-26-24-36-23-25-38(29-41(36)30-40)33-13-6-2-7-14-33/h1-22,24,26-31H,23,25H2. The normalized spacial score (nSPS) is 12.5. The SMILES string of the molecule is C1=C(c2ccccc2)CCc2ccc(-c3nc(-c4ccccc4)nc(-c4cccc5oc6cc(-c7ccc(-c8ccccc8)cc7)ccc6c45)n3)cc21. The highest BCUT2D eigenvalue weighted by Gasteiger charge is 2.20. The van der Waals surface area contributed by atoms with Crippen molar-refractivity contribution in [3.63, 3.8) is 0 Å². The number of aryl methyl sites for hydroxylation is 1. The number of nitrogens with zero attached hydrogens (tertiary/aromatic N) is 3. The number of rotatable bonds is 6. The van der Waals surface area contributed by atoms with Crippen LogP contribution in [0.1, 0.15) is 23.1 Å². The molecule has 0 saturated heterocycles. The first-order chi connectivity index (χ1) is 26.2. The topological polar surface area (TPSA) is 51.8 Å². The Morgan fingerprint density at radius 2 is 0.981 bits per heavy atom. The second kappa shape index (κ2) is 13.0. The van der Waals surface area contributed by atoms with Crippen LogP contribution in [0.3, 0.4) is 0 Å². The lowest BCUT2D eigenvalue weighted by molar-refractivity contribution is 0.669. The van der Waals surface area contributed by atoms with Gasteiger partial charge in [0.05, 0.1) is 0 Å². The third-order valence-electron chi connectivity index (χ3n) is 10.3. The van der Waals surface area contributed by atoms with Gasteiger partial charge in [0.25, 0.3) is 0 Å². The highest BCUT2D eigenvalue weighted by Crippen LogP contribution is 2.39. The van der Waals surface area contributed by atoms with Crippen LogP contribution in [0, 0.1) is 0 Å². The molecule has 0 radical (unpaired) electrons. The molecule has 2 heterocycles. The van der Waals surface area contributed by atoms with Gasteiger partial charge in [0.15, 0.2) is 17.5 Å². The minimum Gasteiger partial charge on any atom is -0.456 e. The van der Waals surface area contributed by atoms with Crippen molar-refractivity contribution in [3.8, 4) is 56.4 Å². The van der Waals surface area contributed by atoms with E-state index >= 15 is 0 Å². The molecular formula is C49H33N3O. The smallest absolute Gasteiger partial charge is 0.164 e. The van der Waals surface area contributed by atoms with E-state index in [-0.39, 0.29) is 0 Å². The monoisotopic (exact) mass is 679 g/mol. The number of hydrogen-bond donors (Lipinski definition) is 0. The van der Waals surface area contributed by atoms with Crippen LogP contribution in [0.5, 0.6) is 0 Å². The zero-order chi connectivity index (χ0) is 35.1. The molecule has 10 rings (SSSR count). The molecule has 7 aromatic carbocycles. The lowest BCUT2D eigenvalue weighted by atomic mass is 9.88. The maximum atomic E-state index is 6.53. The fourth-order valence-corrected chi connectivity index (χ4v) is 7.52. The predicted molar refractivity (Wildman–Crippen MR) is 217 cm³/mol. The lowest BCUT2D eigenvalue weighted by Crippen LogP contribution is -2.02. The van der Waals surface area contributed by atoms with Gasteiger partial charge in [-0.15, -0.1) is 0 Å². The molecule has 0 atom stereocenters. The average Bonchev–Trinajstić information content (AvgIpc) is 3.62. The molecule has 0 amide bonds. The molecule has 4 nitrogen and oxygen atoms in total. The van der Waals surface area contributed by atoms with Crippen molar-refractivity contribution >= 4 is 33.6 Å². The number of benzene rings is 7. The van der Waals surface area contributed by atoms with Gasteiger partial charge >= 0.3 is 0 Å². The summed E-state index contributed by atoms with van der Waals surface area (Å²) in [6.07, 6.45) is 4.35. The zero-order valence-corrected chi connectivity index (χ0v) is 28.9. The van der Waals surface area contributed by atoms with Crippen LogP contribution >= 0.6 is 0 Å². The number of furan rings is 1. The number of fused-ring (bicyclic) bond motifs is 4. The minimum atomic E-state index is 0.612. The van der Waals surface area contributed by atoms with Crippen LogP contribution < -0.4 is 0 Å². The van der Waals surface area contributed by atoms with Crippen LogP contribution in [0.25, 0.3) is 90.0 Å². The largest absolute Gasteiger partial charge is 0.456 e. The Labute approximate surface area is 307 Å². The molecule has 250 valence electrons. The molecule has 0 spiro atoms. The Morgan fingerprint density at radius 1 is 0.396 bits per heavy atom. The molecule has 0 N–H and O–H groups in total. The minimum absolute atomic E-state index is 0.612. The maximum Gasteiger partial charge on any atom is 0.164 e. The summed E-state index contributed by atoms with van der Waals surface area (Å²) in [5, 5.41) is 2.02. The molecule has 1 aliphatic rings. The van der Waals surface area contributed by atoms with Gasteiger partial charge in [-0.3, -0.25) is 0 Å². The molecule has 9 aromatic rings. The van der Waals surface area contributed by atoms with Gasteiger partial charge < -0.3 is 4.42 Å². The Kier molecular flexibility index (Phi) is 7.58. The van der Waals surface area contributed by atoms with Crippen molar-refractivity contribution in [3.05, 3.63) is 187 Å². The number of aromatic nitrogens is 3. The Balaban J connectivity index is 1.08. The van der Waals surface area contributed by atoms with E-state index in [1.807, 2.05) is 48.5 Å². The van der Waals surface area contributed by atoms with Crippen LogP contribution in [-0.2, 0) is 6.42 Å². The van der Waals surface area contributed by atoms with Crippen molar-refractivity contribution in [2.45, 2.75) is 12.8 Å². The van der Waals surface area contributed by atoms with Gasteiger partial charge in [-0.05, 0) is 81.6 Å². The van der Waals surface area contributed by atoms with E-state index < -0.39 is 0 Å². The molecule has 0 unspecified atom stereocenters.